The lowest BCUT2D eigenvalue weighted by atomic mass is 10.2. The normalized spacial score (nSPS) is 13.4. The number of aliphatic carboxylic acids is 2. The molecule has 0 unspecified atom stereocenters. The standard InChI is InChI=1S/C20H26N4O4/c1-15(19(25)26)23(13-17-7-3-5-9-21-17)11-12-24(16(2)20(27)28)14-18-8-4-6-10-22-18/h3-10,15-16H,11-14H2,1-2H3,(H,25,26)(H,27,28)/t15-,16-/m1/s1. The molecule has 0 aliphatic rings. The van der Waals surface area contributed by atoms with Gasteiger partial charge < -0.3 is 10.2 Å². The first-order valence-corrected chi connectivity index (χ1v) is 9.12. The molecule has 0 aliphatic carbocycles. The summed E-state index contributed by atoms with van der Waals surface area (Å²) in [7, 11) is 0. The zero-order valence-electron chi connectivity index (χ0n) is 16.1. The lowest BCUT2D eigenvalue weighted by Crippen LogP contribution is -2.46. The smallest absolute Gasteiger partial charge is 0.320 e. The number of rotatable bonds is 11. The van der Waals surface area contributed by atoms with E-state index in [9.17, 15) is 19.8 Å². The van der Waals surface area contributed by atoms with E-state index in [0.29, 0.717) is 26.2 Å². The summed E-state index contributed by atoms with van der Waals surface area (Å²) in [6, 6.07) is 9.55. The van der Waals surface area contributed by atoms with Crippen molar-refractivity contribution in [1.82, 2.24) is 19.8 Å². The van der Waals surface area contributed by atoms with Gasteiger partial charge in [-0.1, -0.05) is 12.1 Å². The van der Waals surface area contributed by atoms with Gasteiger partial charge in [0.05, 0.1) is 11.4 Å². The van der Waals surface area contributed by atoms with Gasteiger partial charge in [0.1, 0.15) is 12.1 Å². The third kappa shape index (κ3) is 6.40. The minimum atomic E-state index is -0.932. The topological polar surface area (TPSA) is 107 Å². The van der Waals surface area contributed by atoms with Crippen LogP contribution in [-0.2, 0) is 22.7 Å². The molecule has 2 N–H and O–H groups in total. The van der Waals surface area contributed by atoms with Crippen LogP contribution in [0.5, 0.6) is 0 Å². The maximum absolute atomic E-state index is 11.5. The number of pyridine rings is 2. The van der Waals surface area contributed by atoms with Crippen molar-refractivity contribution in [3.63, 3.8) is 0 Å². The molecule has 2 aromatic rings. The van der Waals surface area contributed by atoms with Crippen LogP contribution in [-0.4, -0.2) is 67.1 Å². The maximum atomic E-state index is 11.5. The zero-order valence-corrected chi connectivity index (χ0v) is 16.1. The van der Waals surface area contributed by atoms with Crippen LogP contribution in [0.2, 0.25) is 0 Å². The molecule has 2 rings (SSSR count). The van der Waals surface area contributed by atoms with Crippen LogP contribution in [0.15, 0.2) is 48.8 Å². The molecule has 0 spiro atoms. The molecule has 0 aromatic carbocycles. The molecular weight excluding hydrogens is 360 g/mol. The summed E-state index contributed by atoms with van der Waals surface area (Å²) in [6.45, 7) is 4.74. The predicted octanol–water partition coefficient (Wildman–Crippen LogP) is 1.73. The summed E-state index contributed by atoms with van der Waals surface area (Å²) >= 11 is 0. The van der Waals surface area contributed by atoms with Crippen LogP contribution in [0.25, 0.3) is 0 Å². The van der Waals surface area contributed by atoms with E-state index in [1.165, 1.54) is 0 Å². The van der Waals surface area contributed by atoms with Gasteiger partial charge in [0.2, 0.25) is 0 Å². The fourth-order valence-corrected chi connectivity index (χ4v) is 2.79. The molecule has 150 valence electrons. The molecule has 8 nitrogen and oxygen atoms in total. The van der Waals surface area contributed by atoms with Crippen molar-refractivity contribution in [3.8, 4) is 0 Å². The van der Waals surface area contributed by atoms with Gasteiger partial charge in [0.15, 0.2) is 0 Å². The molecule has 2 heterocycles. The average molecular weight is 386 g/mol. The van der Waals surface area contributed by atoms with Crippen molar-refractivity contribution in [3.05, 3.63) is 60.2 Å². The first kappa shape index (κ1) is 21.5. The molecule has 0 aliphatic heterocycles. The van der Waals surface area contributed by atoms with E-state index in [1.807, 2.05) is 24.3 Å². The number of nitrogens with zero attached hydrogens (tertiary/aromatic N) is 4. The number of carboxylic acid groups (broad SMARTS) is 2. The van der Waals surface area contributed by atoms with Crippen molar-refractivity contribution in [2.45, 2.75) is 39.0 Å². The van der Waals surface area contributed by atoms with Crippen molar-refractivity contribution in [2.24, 2.45) is 0 Å². The van der Waals surface area contributed by atoms with Gasteiger partial charge in [0.25, 0.3) is 0 Å². The molecule has 2 atom stereocenters. The quantitative estimate of drug-likeness (QED) is 0.601. The van der Waals surface area contributed by atoms with E-state index in [2.05, 4.69) is 9.97 Å². The Hall–Kier alpha value is -2.84. The summed E-state index contributed by atoms with van der Waals surface area (Å²) in [4.78, 5) is 35.2. The Bertz CT molecular complexity index is 692. The molecule has 0 saturated carbocycles. The number of carbonyl (C=O) groups is 2. The van der Waals surface area contributed by atoms with Gasteiger partial charge in [-0.05, 0) is 38.1 Å². The molecule has 8 heteroatoms. The number of aromatic nitrogens is 2. The van der Waals surface area contributed by atoms with Gasteiger partial charge >= 0.3 is 11.9 Å². The van der Waals surface area contributed by atoms with Gasteiger partial charge in [-0.2, -0.15) is 0 Å². The Balaban J connectivity index is 2.12. The molecule has 0 amide bonds. The van der Waals surface area contributed by atoms with Crippen molar-refractivity contribution >= 4 is 11.9 Å². The highest BCUT2D eigenvalue weighted by Crippen LogP contribution is 2.11. The predicted molar refractivity (Wildman–Crippen MR) is 103 cm³/mol. The van der Waals surface area contributed by atoms with E-state index in [4.69, 9.17) is 0 Å². The van der Waals surface area contributed by atoms with Gasteiger partial charge in [-0.3, -0.25) is 29.4 Å². The monoisotopic (exact) mass is 386 g/mol. The number of hydrogen-bond acceptors (Lipinski definition) is 6. The Labute approximate surface area is 164 Å². The van der Waals surface area contributed by atoms with Crippen LogP contribution in [0, 0.1) is 0 Å². The van der Waals surface area contributed by atoms with Gasteiger partial charge in [0, 0.05) is 38.6 Å². The lowest BCUT2D eigenvalue weighted by Gasteiger charge is -2.31. The number of carboxylic acids is 2. The molecular formula is C20H26N4O4. The summed E-state index contributed by atoms with van der Waals surface area (Å²) < 4.78 is 0. The van der Waals surface area contributed by atoms with Crippen molar-refractivity contribution in [1.29, 1.82) is 0 Å². The fraction of sp³-hybridized carbons (Fsp3) is 0.400. The van der Waals surface area contributed by atoms with Crippen LogP contribution in [0.3, 0.4) is 0 Å². The Morgan fingerprint density at radius 2 is 1.21 bits per heavy atom. The van der Waals surface area contributed by atoms with Crippen molar-refractivity contribution < 1.29 is 19.8 Å². The van der Waals surface area contributed by atoms with Crippen LogP contribution < -0.4 is 0 Å². The largest absolute Gasteiger partial charge is 0.480 e. The minimum absolute atomic E-state index is 0.368. The van der Waals surface area contributed by atoms with Crippen LogP contribution in [0.1, 0.15) is 25.2 Å². The van der Waals surface area contributed by atoms with Gasteiger partial charge in [-0.15, -0.1) is 0 Å². The van der Waals surface area contributed by atoms with E-state index in [-0.39, 0.29) is 0 Å². The highest BCUT2D eigenvalue weighted by atomic mass is 16.4. The summed E-state index contributed by atoms with van der Waals surface area (Å²) in [5.41, 5.74) is 1.52. The van der Waals surface area contributed by atoms with E-state index in [1.54, 1.807) is 48.2 Å². The lowest BCUT2D eigenvalue weighted by molar-refractivity contribution is -0.145. The van der Waals surface area contributed by atoms with Crippen molar-refractivity contribution in [2.75, 3.05) is 13.1 Å². The molecule has 0 fully saturated rings. The Morgan fingerprint density at radius 3 is 1.50 bits per heavy atom. The molecule has 0 radical (unpaired) electrons. The number of hydrogen-bond donors (Lipinski definition) is 2. The van der Waals surface area contributed by atoms with Crippen LogP contribution >= 0.6 is 0 Å². The second-order valence-corrected chi connectivity index (χ2v) is 6.61. The SMILES string of the molecule is C[C@H](C(=O)O)N(CCN(Cc1ccccn1)[C@H](C)C(=O)O)Cc1ccccn1. The minimum Gasteiger partial charge on any atom is -0.480 e. The highest BCUT2D eigenvalue weighted by molar-refractivity contribution is 5.73. The summed E-state index contributed by atoms with van der Waals surface area (Å²) in [6.07, 6.45) is 3.33. The third-order valence-electron chi connectivity index (χ3n) is 4.67. The molecule has 0 bridgehead atoms. The van der Waals surface area contributed by atoms with Crippen LogP contribution in [0.4, 0.5) is 0 Å². The van der Waals surface area contributed by atoms with Gasteiger partial charge in [-0.25, -0.2) is 0 Å². The highest BCUT2D eigenvalue weighted by Gasteiger charge is 2.25. The maximum Gasteiger partial charge on any atom is 0.320 e. The van der Waals surface area contributed by atoms with E-state index >= 15 is 0 Å². The summed E-state index contributed by atoms with van der Waals surface area (Å²) in [5, 5.41) is 18.9. The molecule has 0 saturated heterocycles. The Morgan fingerprint density at radius 1 is 0.821 bits per heavy atom. The second kappa shape index (κ2) is 10.5. The Kier molecular flexibility index (Phi) is 8.03. The van der Waals surface area contributed by atoms with E-state index in [0.717, 1.165) is 11.4 Å². The zero-order chi connectivity index (χ0) is 20.5. The first-order chi connectivity index (χ1) is 13.4. The first-order valence-electron chi connectivity index (χ1n) is 9.12. The van der Waals surface area contributed by atoms with E-state index < -0.39 is 24.0 Å². The summed E-state index contributed by atoms with van der Waals surface area (Å²) in [5.74, 6) is -1.86. The second-order valence-electron chi connectivity index (χ2n) is 6.61. The fourth-order valence-electron chi connectivity index (χ4n) is 2.79. The third-order valence-corrected chi connectivity index (χ3v) is 4.67. The molecule has 2 aromatic heterocycles. The molecule has 28 heavy (non-hydrogen) atoms. The average Bonchev–Trinajstić information content (AvgIpc) is 2.70.